The van der Waals surface area contributed by atoms with Gasteiger partial charge >= 0.3 is 0 Å². The first kappa shape index (κ1) is 19.3. The van der Waals surface area contributed by atoms with Crippen molar-refractivity contribution in [2.75, 3.05) is 31.0 Å². The van der Waals surface area contributed by atoms with E-state index in [4.69, 9.17) is 21.1 Å². The third-order valence-electron chi connectivity index (χ3n) is 3.67. The first-order chi connectivity index (χ1) is 11.7. The molecule has 138 valence electrons. The van der Waals surface area contributed by atoms with Gasteiger partial charge in [0.15, 0.2) is 9.84 Å². The molecule has 0 bridgehead atoms. The lowest BCUT2D eigenvalue weighted by atomic mass is 10.2. The predicted octanol–water partition coefficient (Wildman–Crippen LogP) is 0.989. The van der Waals surface area contributed by atoms with Gasteiger partial charge in [0.25, 0.3) is 0 Å². The van der Waals surface area contributed by atoms with Crippen LogP contribution in [0.1, 0.15) is 12.8 Å². The van der Waals surface area contributed by atoms with Gasteiger partial charge in [-0.05, 0) is 6.42 Å². The number of nitrogens with one attached hydrogen (secondary N) is 2. The summed E-state index contributed by atoms with van der Waals surface area (Å²) in [5.41, 5.74) is 0.310. The first-order valence-electron chi connectivity index (χ1n) is 7.45. The van der Waals surface area contributed by atoms with E-state index < -0.39 is 34.1 Å². The molecule has 8 nitrogen and oxygen atoms in total. The Bertz CT molecular complexity index is 780. The summed E-state index contributed by atoms with van der Waals surface area (Å²) in [4.78, 5) is 24.0. The number of carbonyl (C=O) groups is 2. The molecule has 1 unspecified atom stereocenters. The molecule has 1 aliphatic rings. The number of ether oxygens (including phenoxy) is 2. The molecule has 1 atom stereocenters. The Morgan fingerprint density at radius 1 is 1.20 bits per heavy atom. The van der Waals surface area contributed by atoms with Gasteiger partial charge in [0.05, 0.1) is 36.4 Å². The van der Waals surface area contributed by atoms with Crippen molar-refractivity contribution in [3.8, 4) is 11.5 Å². The summed E-state index contributed by atoms with van der Waals surface area (Å²) in [7, 11) is -0.246. The molecule has 0 aliphatic carbocycles. The van der Waals surface area contributed by atoms with Crippen LogP contribution in [0.2, 0.25) is 5.02 Å². The van der Waals surface area contributed by atoms with Crippen molar-refractivity contribution in [1.82, 2.24) is 5.32 Å². The molecule has 0 aromatic heterocycles. The van der Waals surface area contributed by atoms with E-state index in [1.54, 1.807) is 0 Å². The lowest BCUT2D eigenvalue weighted by Gasteiger charge is -2.14. The second-order valence-corrected chi connectivity index (χ2v) is 8.22. The molecule has 1 aromatic carbocycles. The predicted molar refractivity (Wildman–Crippen MR) is 93.0 cm³/mol. The van der Waals surface area contributed by atoms with Crippen LogP contribution in [0.5, 0.6) is 11.5 Å². The SMILES string of the molecule is COc1cc(NC(=O)CC(=O)NC2CCS(=O)(=O)C2)c(OC)cc1Cl. The van der Waals surface area contributed by atoms with Crippen molar-refractivity contribution in [3.63, 3.8) is 0 Å². The fourth-order valence-corrected chi connectivity index (χ4v) is 4.39. The Labute approximate surface area is 150 Å². The molecule has 0 spiro atoms. The Morgan fingerprint density at radius 2 is 1.88 bits per heavy atom. The molecule has 2 N–H and O–H groups in total. The van der Waals surface area contributed by atoms with E-state index in [0.717, 1.165) is 0 Å². The summed E-state index contributed by atoms with van der Waals surface area (Å²) >= 11 is 5.99. The van der Waals surface area contributed by atoms with Crippen LogP contribution in [-0.2, 0) is 19.4 Å². The average Bonchev–Trinajstić information content (AvgIpc) is 2.86. The zero-order valence-corrected chi connectivity index (χ0v) is 15.4. The molecule has 25 heavy (non-hydrogen) atoms. The van der Waals surface area contributed by atoms with Crippen molar-refractivity contribution in [2.45, 2.75) is 18.9 Å². The topological polar surface area (TPSA) is 111 Å². The van der Waals surface area contributed by atoms with Gasteiger partial charge in [-0.3, -0.25) is 9.59 Å². The van der Waals surface area contributed by atoms with Gasteiger partial charge < -0.3 is 20.1 Å². The summed E-state index contributed by atoms with van der Waals surface area (Å²) in [6.07, 6.45) is -0.0808. The summed E-state index contributed by atoms with van der Waals surface area (Å²) in [6, 6.07) is 2.52. The second kappa shape index (κ2) is 7.92. The van der Waals surface area contributed by atoms with Gasteiger partial charge in [-0.2, -0.15) is 0 Å². The highest BCUT2D eigenvalue weighted by molar-refractivity contribution is 7.91. The number of carbonyl (C=O) groups excluding carboxylic acids is 2. The number of anilines is 1. The molecule has 1 aliphatic heterocycles. The van der Waals surface area contributed by atoms with Crippen molar-refractivity contribution in [1.29, 1.82) is 0 Å². The summed E-state index contributed by atoms with van der Waals surface area (Å²) < 4.78 is 33.0. The third kappa shape index (κ3) is 5.23. The van der Waals surface area contributed by atoms with Crippen molar-refractivity contribution in [3.05, 3.63) is 17.2 Å². The molecule has 1 aromatic rings. The number of halogens is 1. The van der Waals surface area contributed by atoms with Crippen LogP contribution >= 0.6 is 11.6 Å². The minimum atomic E-state index is -3.10. The molecule has 1 fully saturated rings. The van der Waals surface area contributed by atoms with E-state index in [9.17, 15) is 18.0 Å². The molecular weight excluding hydrogens is 372 g/mol. The highest BCUT2D eigenvalue weighted by Crippen LogP contribution is 2.35. The lowest BCUT2D eigenvalue weighted by molar-refractivity contribution is -0.127. The normalized spacial score (nSPS) is 18.4. The van der Waals surface area contributed by atoms with Crippen molar-refractivity contribution in [2.24, 2.45) is 0 Å². The van der Waals surface area contributed by atoms with Gasteiger partial charge in [0.2, 0.25) is 11.8 Å². The van der Waals surface area contributed by atoms with Gasteiger partial charge in [-0.15, -0.1) is 0 Å². The molecule has 1 saturated heterocycles. The smallest absolute Gasteiger partial charge is 0.233 e. The Kier molecular flexibility index (Phi) is 6.12. The quantitative estimate of drug-likeness (QED) is 0.701. The number of amides is 2. The molecular formula is C15H19ClN2O6S. The van der Waals surface area contributed by atoms with Crippen LogP contribution in [0.3, 0.4) is 0 Å². The first-order valence-corrected chi connectivity index (χ1v) is 9.65. The Hall–Kier alpha value is -2.00. The summed E-state index contributed by atoms with van der Waals surface area (Å²) in [5, 5.41) is 5.43. The Morgan fingerprint density at radius 3 is 2.44 bits per heavy atom. The average molecular weight is 391 g/mol. The Balaban J connectivity index is 1.97. The monoisotopic (exact) mass is 390 g/mol. The maximum atomic E-state index is 12.1. The van der Waals surface area contributed by atoms with Crippen LogP contribution in [0.25, 0.3) is 0 Å². The number of sulfone groups is 1. The number of benzene rings is 1. The van der Waals surface area contributed by atoms with Gasteiger partial charge in [0.1, 0.15) is 17.9 Å². The number of rotatable bonds is 6. The van der Waals surface area contributed by atoms with E-state index in [2.05, 4.69) is 10.6 Å². The molecule has 0 radical (unpaired) electrons. The fourth-order valence-electron chi connectivity index (χ4n) is 2.49. The van der Waals surface area contributed by atoms with E-state index >= 15 is 0 Å². The highest BCUT2D eigenvalue weighted by atomic mass is 35.5. The zero-order valence-electron chi connectivity index (χ0n) is 13.8. The maximum Gasteiger partial charge on any atom is 0.233 e. The third-order valence-corrected chi connectivity index (χ3v) is 5.73. The van der Waals surface area contributed by atoms with E-state index in [0.29, 0.717) is 28.6 Å². The number of hydrogen-bond acceptors (Lipinski definition) is 6. The largest absolute Gasteiger partial charge is 0.495 e. The fraction of sp³-hybridized carbons (Fsp3) is 0.467. The summed E-state index contributed by atoms with van der Waals surface area (Å²) in [6.45, 7) is 0. The van der Waals surface area contributed by atoms with Crippen LogP contribution in [0.4, 0.5) is 5.69 Å². The van der Waals surface area contributed by atoms with E-state index in [-0.39, 0.29) is 11.5 Å². The number of hydrogen-bond donors (Lipinski definition) is 2. The molecule has 2 rings (SSSR count). The van der Waals surface area contributed by atoms with Gasteiger partial charge in [-0.25, -0.2) is 8.42 Å². The van der Waals surface area contributed by atoms with Crippen LogP contribution < -0.4 is 20.1 Å². The van der Waals surface area contributed by atoms with Gasteiger partial charge in [-0.1, -0.05) is 11.6 Å². The molecule has 10 heteroatoms. The van der Waals surface area contributed by atoms with Crippen molar-refractivity contribution < 1.29 is 27.5 Å². The standard InChI is InChI=1S/C15H19ClN2O6S/c1-23-12-6-11(13(24-2)5-10(12)16)18-15(20)7-14(19)17-9-3-4-25(21,22)8-9/h5-6,9H,3-4,7-8H2,1-2H3,(H,17,19)(H,18,20). The van der Waals surface area contributed by atoms with Crippen molar-refractivity contribution >= 4 is 38.9 Å². The van der Waals surface area contributed by atoms with Crippen LogP contribution in [0.15, 0.2) is 12.1 Å². The van der Waals surface area contributed by atoms with Gasteiger partial charge in [0, 0.05) is 18.2 Å². The van der Waals surface area contributed by atoms with Crippen LogP contribution in [-0.4, -0.2) is 52.0 Å². The zero-order chi connectivity index (χ0) is 18.6. The van der Waals surface area contributed by atoms with E-state index in [1.807, 2.05) is 0 Å². The lowest BCUT2D eigenvalue weighted by Crippen LogP contribution is -2.37. The second-order valence-electron chi connectivity index (χ2n) is 5.58. The molecule has 2 amide bonds. The number of methoxy groups -OCH3 is 2. The minimum absolute atomic E-state index is 0.0475. The summed E-state index contributed by atoms with van der Waals surface area (Å²) in [5.74, 6) is -0.491. The highest BCUT2D eigenvalue weighted by Gasteiger charge is 2.29. The molecule has 1 heterocycles. The van der Waals surface area contributed by atoms with Crippen LogP contribution in [0, 0.1) is 0 Å². The maximum absolute atomic E-state index is 12.1. The van der Waals surface area contributed by atoms with E-state index in [1.165, 1.54) is 26.4 Å². The molecule has 0 saturated carbocycles. The minimum Gasteiger partial charge on any atom is -0.495 e.